The Hall–Kier alpha value is -0.370. The van der Waals surface area contributed by atoms with E-state index in [1.807, 2.05) is 6.92 Å². The smallest absolute Gasteiger partial charge is 0.139 e. The molecule has 2 fully saturated rings. The molecule has 0 radical (unpaired) electrons. The van der Waals surface area contributed by atoms with Gasteiger partial charge in [0.05, 0.1) is 5.60 Å². The highest BCUT2D eigenvalue weighted by Crippen LogP contribution is 2.35. The van der Waals surface area contributed by atoms with Gasteiger partial charge in [-0.05, 0) is 39.0 Å². The minimum absolute atomic E-state index is 0.135. The summed E-state index contributed by atoms with van der Waals surface area (Å²) in [5.74, 6) is 0.908. The van der Waals surface area contributed by atoms with Gasteiger partial charge in [0.1, 0.15) is 5.78 Å². The van der Waals surface area contributed by atoms with Crippen LogP contribution in [0.4, 0.5) is 0 Å². The van der Waals surface area contributed by atoms with Crippen molar-refractivity contribution in [3.05, 3.63) is 0 Å². The maximum Gasteiger partial charge on any atom is 0.139 e. The van der Waals surface area contributed by atoms with E-state index >= 15 is 0 Å². The van der Waals surface area contributed by atoms with E-state index in [1.165, 1.54) is 51.4 Å². The molecule has 2 unspecified atom stereocenters. The normalized spacial score (nSPS) is 28.6. The molecule has 0 aliphatic heterocycles. The van der Waals surface area contributed by atoms with Crippen molar-refractivity contribution in [3.63, 3.8) is 0 Å². The largest absolute Gasteiger partial charge is 0.390 e. The zero-order chi connectivity index (χ0) is 17.8. The van der Waals surface area contributed by atoms with Crippen molar-refractivity contribution in [2.45, 2.75) is 123 Å². The van der Waals surface area contributed by atoms with E-state index in [2.05, 4.69) is 13.8 Å². The lowest BCUT2D eigenvalue weighted by Crippen LogP contribution is -2.32. The number of carbonyl (C=O) groups excluding carboxylic acids is 1. The molecule has 0 aromatic carbocycles. The van der Waals surface area contributed by atoms with Crippen molar-refractivity contribution in [1.82, 2.24) is 0 Å². The summed E-state index contributed by atoms with van der Waals surface area (Å²) in [6.07, 6.45) is 17.7. The monoisotopic (exact) mass is 338 g/mol. The van der Waals surface area contributed by atoms with Crippen molar-refractivity contribution in [3.8, 4) is 0 Å². The fourth-order valence-corrected chi connectivity index (χ4v) is 4.27. The number of hydrogen-bond acceptors (Lipinski definition) is 2. The molecule has 2 aliphatic carbocycles. The Morgan fingerprint density at radius 3 is 2.00 bits per heavy atom. The van der Waals surface area contributed by atoms with E-state index in [4.69, 9.17) is 0 Å². The third-order valence-corrected chi connectivity index (χ3v) is 5.82. The highest BCUT2D eigenvalue weighted by atomic mass is 16.3. The Morgan fingerprint density at radius 2 is 1.42 bits per heavy atom. The second-order valence-corrected chi connectivity index (χ2v) is 8.44. The second-order valence-electron chi connectivity index (χ2n) is 8.44. The third-order valence-electron chi connectivity index (χ3n) is 5.82. The minimum Gasteiger partial charge on any atom is -0.390 e. The van der Waals surface area contributed by atoms with E-state index in [1.54, 1.807) is 0 Å². The van der Waals surface area contributed by atoms with Crippen LogP contribution < -0.4 is 0 Å². The van der Waals surface area contributed by atoms with Crippen LogP contribution in [0.1, 0.15) is 117 Å². The van der Waals surface area contributed by atoms with Gasteiger partial charge < -0.3 is 5.11 Å². The van der Waals surface area contributed by atoms with E-state index in [0.717, 1.165) is 38.5 Å². The molecular formula is C22H42O2. The molecule has 24 heavy (non-hydrogen) atoms. The summed E-state index contributed by atoms with van der Waals surface area (Å²) in [4.78, 5) is 12.5. The summed E-state index contributed by atoms with van der Waals surface area (Å²) in [7, 11) is 0. The van der Waals surface area contributed by atoms with Crippen LogP contribution in [-0.4, -0.2) is 16.5 Å². The van der Waals surface area contributed by atoms with Gasteiger partial charge in [-0.1, -0.05) is 78.1 Å². The highest BCUT2D eigenvalue weighted by Gasteiger charge is 2.34. The summed E-state index contributed by atoms with van der Waals surface area (Å²) >= 11 is 0. The molecule has 0 heterocycles. The quantitative estimate of drug-likeness (QED) is 0.446. The Labute approximate surface area is 150 Å². The first-order valence-electron chi connectivity index (χ1n) is 10.8. The molecular weight excluding hydrogens is 296 g/mol. The van der Waals surface area contributed by atoms with Gasteiger partial charge in [-0.2, -0.15) is 0 Å². The van der Waals surface area contributed by atoms with Gasteiger partial charge in [-0.25, -0.2) is 0 Å². The number of carbonyl (C=O) groups is 1. The van der Waals surface area contributed by atoms with Crippen molar-refractivity contribution in [2.75, 3.05) is 0 Å². The van der Waals surface area contributed by atoms with Crippen LogP contribution in [-0.2, 0) is 4.79 Å². The van der Waals surface area contributed by atoms with Gasteiger partial charge in [0, 0.05) is 11.8 Å². The van der Waals surface area contributed by atoms with Crippen molar-refractivity contribution < 1.29 is 9.90 Å². The molecule has 2 aliphatic rings. The molecule has 0 amide bonds. The molecule has 0 bridgehead atoms. The van der Waals surface area contributed by atoms with E-state index in [0.29, 0.717) is 18.1 Å². The van der Waals surface area contributed by atoms with Gasteiger partial charge >= 0.3 is 0 Å². The van der Waals surface area contributed by atoms with E-state index < -0.39 is 5.60 Å². The average Bonchev–Trinajstić information content (AvgIpc) is 2.77. The van der Waals surface area contributed by atoms with Gasteiger partial charge in [0.2, 0.25) is 0 Å². The molecule has 0 aromatic rings. The number of ketones is 1. The Morgan fingerprint density at radius 1 is 0.875 bits per heavy atom. The first kappa shape index (κ1) is 21.7. The van der Waals surface area contributed by atoms with Crippen LogP contribution in [0, 0.1) is 11.8 Å². The fraction of sp³-hybridized carbons (Fsp3) is 0.955. The lowest BCUT2D eigenvalue weighted by Gasteiger charge is -2.28. The fourth-order valence-electron chi connectivity index (χ4n) is 4.27. The Bertz CT molecular complexity index is 325. The summed E-state index contributed by atoms with van der Waals surface area (Å²) in [6, 6.07) is 0. The minimum atomic E-state index is -0.606. The Balaban J connectivity index is 0.000000351. The van der Waals surface area contributed by atoms with Crippen LogP contribution in [0.2, 0.25) is 0 Å². The van der Waals surface area contributed by atoms with Crippen molar-refractivity contribution >= 4 is 5.78 Å². The molecule has 2 heteroatoms. The molecule has 2 nitrogen and oxygen atoms in total. The van der Waals surface area contributed by atoms with Crippen molar-refractivity contribution in [1.29, 1.82) is 0 Å². The van der Waals surface area contributed by atoms with Crippen molar-refractivity contribution in [2.24, 2.45) is 11.8 Å². The summed E-state index contributed by atoms with van der Waals surface area (Å²) in [6.45, 7) is 6.39. The van der Waals surface area contributed by atoms with Crippen LogP contribution >= 0.6 is 0 Å². The van der Waals surface area contributed by atoms with Crippen LogP contribution in [0.15, 0.2) is 0 Å². The number of aliphatic hydroxyl groups is 1. The topological polar surface area (TPSA) is 37.3 Å². The second kappa shape index (κ2) is 12.1. The molecule has 0 saturated heterocycles. The lowest BCUT2D eigenvalue weighted by atomic mass is 9.78. The zero-order valence-electron chi connectivity index (χ0n) is 16.6. The summed E-state index contributed by atoms with van der Waals surface area (Å²) in [5, 5.41) is 10.2. The maximum atomic E-state index is 12.5. The number of rotatable bonds is 6. The molecule has 0 spiro atoms. The van der Waals surface area contributed by atoms with E-state index in [-0.39, 0.29) is 5.92 Å². The standard InChI is InChI=1S/C15H26O2.C7H16/c1-15(17)10-6-5-9-13(11-15)14(16)12-7-3-2-4-8-12;1-3-5-7-6-4-2/h12-13,17H,2-11H2,1H3;3-7H2,1-2H3. The lowest BCUT2D eigenvalue weighted by molar-refractivity contribution is -0.129. The SMILES string of the molecule is CC1(O)CCCCC(C(=O)C2CCCCC2)C1.CCCCCCC. The molecule has 1 N–H and O–H groups in total. The average molecular weight is 339 g/mol. The molecule has 0 aromatic heterocycles. The highest BCUT2D eigenvalue weighted by molar-refractivity contribution is 5.83. The number of unbranched alkanes of at least 4 members (excludes halogenated alkanes) is 4. The first-order valence-corrected chi connectivity index (χ1v) is 10.8. The first-order chi connectivity index (χ1) is 11.5. The molecule has 2 rings (SSSR count). The number of Topliss-reactive ketones (excluding diaryl/α,β-unsaturated/α-hetero) is 1. The van der Waals surface area contributed by atoms with E-state index in [9.17, 15) is 9.90 Å². The summed E-state index contributed by atoms with van der Waals surface area (Å²) < 4.78 is 0. The van der Waals surface area contributed by atoms with Gasteiger partial charge in [-0.3, -0.25) is 4.79 Å². The van der Waals surface area contributed by atoms with Crippen LogP contribution in [0.5, 0.6) is 0 Å². The van der Waals surface area contributed by atoms with Gasteiger partial charge in [0.15, 0.2) is 0 Å². The predicted octanol–water partition coefficient (Wildman–Crippen LogP) is 6.44. The van der Waals surface area contributed by atoms with Crippen LogP contribution in [0.25, 0.3) is 0 Å². The molecule has 2 saturated carbocycles. The van der Waals surface area contributed by atoms with Gasteiger partial charge in [-0.15, -0.1) is 0 Å². The third kappa shape index (κ3) is 8.65. The summed E-state index contributed by atoms with van der Waals surface area (Å²) in [5.41, 5.74) is -0.606. The maximum absolute atomic E-state index is 12.5. The number of hydrogen-bond donors (Lipinski definition) is 1. The zero-order valence-corrected chi connectivity index (χ0v) is 16.6. The van der Waals surface area contributed by atoms with Gasteiger partial charge in [0.25, 0.3) is 0 Å². The molecule has 2 atom stereocenters. The molecule has 142 valence electrons. The van der Waals surface area contributed by atoms with Crippen LogP contribution in [0.3, 0.4) is 0 Å². The Kier molecular flexibility index (Phi) is 10.9. The predicted molar refractivity (Wildman–Crippen MR) is 103 cm³/mol.